The monoisotopic (exact) mass is 423 g/mol. The summed E-state index contributed by atoms with van der Waals surface area (Å²) in [6.45, 7) is 1.87. The molecule has 2 aromatic rings. The summed E-state index contributed by atoms with van der Waals surface area (Å²) >= 11 is 3.35. The molecule has 134 valence electrons. The maximum absolute atomic E-state index is 13.0. The SMILES string of the molecule is Cc1cc(N/C=C(/C#N)C(=O)Nc2ccccc2C(F)(F)F)ccc1Br. The zero-order valence-electron chi connectivity index (χ0n) is 13.5. The highest BCUT2D eigenvalue weighted by molar-refractivity contribution is 9.10. The Hall–Kier alpha value is -2.79. The van der Waals surface area contributed by atoms with Crippen LogP contribution in [0.3, 0.4) is 0 Å². The van der Waals surface area contributed by atoms with E-state index < -0.39 is 23.3 Å². The third-order valence-electron chi connectivity index (χ3n) is 3.39. The number of anilines is 2. The molecule has 0 heterocycles. The van der Waals surface area contributed by atoms with Crippen molar-refractivity contribution in [3.05, 3.63) is 69.8 Å². The topological polar surface area (TPSA) is 64.9 Å². The first-order valence-electron chi connectivity index (χ1n) is 7.33. The predicted molar refractivity (Wildman–Crippen MR) is 96.3 cm³/mol. The van der Waals surface area contributed by atoms with Crippen molar-refractivity contribution in [2.45, 2.75) is 13.1 Å². The molecule has 2 rings (SSSR count). The van der Waals surface area contributed by atoms with Crippen molar-refractivity contribution >= 4 is 33.2 Å². The van der Waals surface area contributed by atoms with E-state index in [1.165, 1.54) is 12.1 Å². The van der Waals surface area contributed by atoms with Crippen LogP contribution in [0, 0.1) is 18.3 Å². The number of alkyl halides is 3. The van der Waals surface area contributed by atoms with Gasteiger partial charge in [0.25, 0.3) is 5.91 Å². The normalized spacial score (nSPS) is 11.6. The van der Waals surface area contributed by atoms with Crippen LogP contribution < -0.4 is 10.6 Å². The van der Waals surface area contributed by atoms with Crippen LogP contribution in [-0.2, 0) is 11.0 Å². The van der Waals surface area contributed by atoms with Gasteiger partial charge in [-0.3, -0.25) is 4.79 Å². The molecule has 0 saturated carbocycles. The number of hydrogen-bond acceptors (Lipinski definition) is 3. The molecule has 0 unspecified atom stereocenters. The number of rotatable bonds is 4. The van der Waals surface area contributed by atoms with Crippen molar-refractivity contribution in [1.82, 2.24) is 0 Å². The van der Waals surface area contributed by atoms with Gasteiger partial charge in [-0.25, -0.2) is 0 Å². The Morgan fingerprint density at radius 2 is 1.92 bits per heavy atom. The molecule has 8 heteroatoms. The van der Waals surface area contributed by atoms with Gasteiger partial charge in [-0.1, -0.05) is 28.1 Å². The molecule has 1 amide bonds. The predicted octanol–water partition coefficient (Wildman–Crippen LogP) is 5.23. The van der Waals surface area contributed by atoms with Gasteiger partial charge in [0, 0.05) is 16.4 Å². The maximum atomic E-state index is 13.0. The third kappa shape index (κ3) is 4.86. The first-order chi connectivity index (χ1) is 12.2. The lowest BCUT2D eigenvalue weighted by Crippen LogP contribution is -2.18. The van der Waals surface area contributed by atoms with Crippen molar-refractivity contribution < 1.29 is 18.0 Å². The van der Waals surface area contributed by atoms with Gasteiger partial charge in [-0.2, -0.15) is 18.4 Å². The second-order valence-electron chi connectivity index (χ2n) is 5.28. The van der Waals surface area contributed by atoms with Crippen molar-refractivity contribution in [2.75, 3.05) is 10.6 Å². The summed E-state index contributed by atoms with van der Waals surface area (Å²) in [4.78, 5) is 12.1. The number of amides is 1. The van der Waals surface area contributed by atoms with E-state index >= 15 is 0 Å². The second kappa shape index (κ2) is 8.06. The van der Waals surface area contributed by atoms with Crippen LogP contribution in [0.5, 0.6) is 0 Å². The number of halogens is 4. The summed E-state index contributed by atoms with van der Waals surface area (Å²) < 4.78 is 39.8. The molecule has 0 fully saturated rings. The molecule has 4 nitrogen and oxygen atoms in total. The van der Waals surface area contributed by atoms with Gasteiger partial charge in [0.2, 0.25) is 0 Å². The van der Waals surface area contributed by atoms with E-state index in [-0.39, 0.29) is 5.57 Å². The van der Waals surface area contributed by atoms with Crippen molar-refractivity contribution in [2.24, 2.45) is 0 Å². The second-order valence-corrected chi connectivity index (χ2v) is 6.13. The number of carbonyl (C=O) groups excluding carboxylic acids is 1. The number of carbonyl (C=O) groups is 1. The minimum absolute atomic E-state index is 0.359. The minimum Gasteiger partial charge on any atom is -0.360 e. The molecule has 26 heavy (non-hydrogen) atoms. The average Bonchev–Trinajstić information content (AvgIpc) is 2.58. The summed E-state index contributed by atoms with van der Waals surface area (Å²) in [5.41, 5.74) is -0.192. The van der Waals surface area contributed by atoms with E-state index in [0.717, 1.165) is 28.4 Å². The zero-order valence-corrected chi connectivity index (χ0v) is 15.1. The zero-order chi connectivity index (χ0) is 19.3. The summed E-state index contributed by atoms with van der Waals surface area (Å²) in [5.74, 6) is -0.939. The van der Waals surface area contributed by atoms with Crippen LogP contribution in [0.15, 0.2) is 58.7 Å². The molecule has 0 aliphatic heterocycles. The van der Waals surface area contributed by atoms with Gasteiger partial charge in [0.05, 0.1) is 11.3 Å². The Morgan fingerprint density at radius 3 is 2.54 bits per heavy atom. The molecule has 0 bridgehead atoms. The summed E-state index contributed by atoms with van der Waals surface area (Å²) in [6, 6.07) is 11.5. The van der Waals surface area contributed by atoms with E-state index in [0.29, 0.717) is 5.69 Å². The lowest BCUT2D eigenvalue weighted by molar-refractivity contribution is -0.137. The molecule has 2 aromatic carbocycles. The number of benzene rings is 2. The summed E-state index contributed by atoms with van der Waals surface area (Å²) in [7, 11) is 0. The van der Waals surface area contributed by atoms with Crippen LogP contribution in [0.1, 0.15) is 11.1 Å². The molecule has 0 radical (unpaired) electrons. The van der Waals surface area contributed by atoms with E-state index in [4.69, 9.17) is 5.26 Å². The molecular weight excluding hydrogens is 411 g/mol. The van der Waals surface area contributed by atoms with E-state index in [2.05, 4.69) is 26.6 Å². The molecule has 2 N–H and O–H groups in total. The van der Waals surface area contributed by atoms with Gasteiger partial charge in [-0.05, 0) is 42.8 Å². The molecule has 0 spiro atoms. The van der Waals surface area contributed by atoms with Crippen LogP contribution in [0.25, 0.3) is 0 Å². The Labute approximate surface area is 156 Å². The Bertz CT molecular complexity index is 901. The first-order valence-corrected chi connectivity index (χ1v) is 8.12. The van der Waals surface area contributed by atoms with Gasteiger partial charge in [-0.15, -0.1) is 0 Å². The number of aryl methyl sites for hydroxylation is 1. The quantitative estimate of drug-likeness (QED) is 0.522. The fourth-order valence-electron chi connectivity index (χ4n) is 2.07. The van der Waals surface area contributed by atoms with Crippen molar-refractivity contribution in [3.8, 4) is 6.07 Å². The van der Waals surface area contributed by atoms with Crippen LogP contribution in [-0.4, -0.2) is 5.91 Å². The van der Waals surface area contributed by atoms with Crippen molar-refractivity contribution in [1.29, 1.82) is 5.26 Å². The minimum atomic E-state index is -4.62. The highest BCUT2D eigenvalue weighted by atomic mass is 79.9. The Morgan fingerprint density at radius 1 is 1.23 bits per heavy atom. The Balaban J connectivity index is 2.19. The number of nitrogens with zero attached hydrogens (tertiary/aromatic N) is 1. The van der Waals surface area contributed by atoms with E-state index in [9.17, 15) is 18.0 Å². The average molecular weight is 424 g/mol. The first kappa shape index (κ1) is 19.5. The van der Waals surface area contributed by atoms with Gasteiger partial charge in [0.1, 0.15) is 11.6 Å². The fraction of sp³-hybridized carbons (Fsp3) is 0.111. The smallest absolute Gasteiger partial charge is 0.360 e. The lowest BCUT2D eigenvalue weighted by Gasteiger charge is -2.13. The molecule has 0 aromatic heterocycles. The van der Waals surface area contributed by atoms with Crippen LogP contribution in [0.4, 0.5) is 24.5 Å². The Kier molecular flexibility index (Phi) is 6.05. The lowest BCUT2D eigenvalue weighted by atomic mass is 10.1. The molecular formula is C18H13BrF3N3O. The summed E-state index contributed by atoms with van der Waals surface area (Å²) in [5, 5.41) is 14.0. The number of nitrogens with one attached hydrogen (secondary N) is 2. The third-order valence-corrected chi connectivity index (χ3v) is 4.28. The van der Waals surface area contributed by atoms with E-state index in [1.807, 2.05) is 6.92 Å². The molecule has 0 aliphatic carbocycles. The van der Waals surface area contributed by atoms with Crippen LogP contribution in [0.2, 0.25) is 0 Å². The van der Waals surface area contributed by atoms with E-state index in [1.54, 1.807) is 24.3 Å². The van der Waals surface area contributed by atoms with Gasteiger partial charge in [0.15, 0.2) is 0 Å². The highest BCUT2D eigenvalue weighted by Crippen LogP contribution is 2.34. The molecule has 0 saturated heterocycles. The fourth-order valence-corrected chi connectivity index (χ4v) is 2.31. The van der Waals surface area contributed by atoms with Gasteiger partial charge < -0.3 is 10.6 Å². The molecule has 0 aliphatic rings. The number of hydrogen-bond donors (Lipinski definition) is 2. The highest BCUT2D eigenvalue weighted by Gasteiger charge is 2.33. The van der Waals surface area contributed by atoms with Crippen molar-refractivity contribution in [3.63, 3.8) is 0 Å². The number of para-hydroxylation sites is 1. The number of nitriles is 1. The summed E-state index contributed by atoms with van der Waals surface area (Å²) in [6.07, 6.45) is -3.47. The standard InChI is InChI=1S/C18H13BrF3N3O/c1-11-8-13(6-7-15(11)19)24-10-12(9-23)17(26)25-16-5-3-2-4-14(16)18(20,21)22/h2-8,10,24H,1H3,(H,25,26)/b12-10-. The van der Waals surface area contributed by atoms with Crippen LogP contribution >= 0.6 is 15.9 Å². The largest absolute Gasteiger partial charge is 0.418 e. The maximum Gasteiger partial charge on any atom is 0.418 e. The van der Waals surface area contributed by atoms with Gasteiger partial charge >= 0.3 is 6.18 Å². The molecule has 0 atom stereocenters.